The number of benzene rings is 1. The summed E-state index contributed by atoms with van der Waals surface area (Å²) in [5.74, 6) is -4.21. The van der Waals surface area contributed by atoms with Crippen molar-refractivity contribution in [2.75, 3.05) is 6.61 Å². The molecule has 0 amide bonds. The summed E-state index contributed by atoms with van der Waals surface area (Å²) >= 11 is 0. The van der Waals surface area contributed by atoms with Crippen molar-refractivity contribution in [3.8, 4) is 6.07 Å². The first-order valence-corrected chi connectivity index (χ1v) is 4.83. The van der Waals surface area contributed by atoms with Gasteiger partial charge in [0, 0.05) is 5.56 Å². The summed E-state index contributed by atoms with van der Waals surface area (Å²) in [6, 6.07) is 6.92. The molecule has 0 aliphatic carbocycles. The van der Waals surface area contributed by atoms with Crippen LogP contribution in [-0.4, -0.2) is 12.6 Å². The zero-order valence-corrected chi connectivity index (χ0v) is 9.04. The summed E-state index contributed by atoms with van der Waals surface area (Å²) in [4.78, 5) is 10.9. The molecule has 1 rings (SSSR count). The first-order valence-electron chi connectivity index (χ1n) is 4.83. The molecule has 1 aromatic rings. The minimum Gasteiger partial charge on any atom is -0.461 e. The summed E-state index contributed by atoms with van der Waals surface area (Å²) in [6.45, 7) is 1.46. The lowest BCUT2D eigenvalue weighted by atomic mass is 10.1. The monoisotopic (exact) mass is 237 g/mol. The van der Waals surface area contributed by atoms with E-state index in [-0.39, 0.29) is 12.2 Å². The van der Waals surface area contributed by atoms with Crippen molar-refractivity contribution >= 4 is 11.8 Å². The van der Waals surface area contributed by atoms with E-state index in [0.717, 1.165) is 0 Å². The molecule has 0 N–H and O–H groups in total. The minimum absolute atomic E-state index is 0.0348. The number of nitriles is 1. The molecule has 0 aliphatic rings. The van der Waals surface area contributed by atoms with Gasteiger partial charge in [-0.15, -0.1) is 0 Å². The van der Waals surface area contributed by atoms with Crippen LogP contribution < -0.4 is 0 Å². The molecule has 5 heteroatoms. The maximum absolute atomic E-state index is 13.5. The number of esters is 1. The summed E-state index contributed by atoms with van der Waals surface area (Å²) in [6.07, 6.45) is 0. The van der Waals surface area contributed by atoms with Gasteiger partial charge in [0.25, 0.3) is 0 Å². The van der Waals surface area contributed by atoms with Crippen LogP contribution in [0.4, 0.5) is 8.78 Å². The van der Waals surface area contributed by atoms with Crippen LogP contribution in [0.1, 0.15) is 18.1 Å². The van der Waals surface area contributed by atoms with Crippen LogP contribution in [0.2, 0.25) is 0 Å². The number of nitrogens with zero attached hydrogens (tertiary/aromatic N) is 1. The fourth-order valence-electron chi connectivity index (χ4n) is 1.10. The van der Waals surface area contributed by atoms with Crippen LogP contribution in [0.3, 0.4) is 0 Å². The van der Waals surface area contributed by atoms with Gasteiger partial charge in [-0.2, -0.15) is 9.65 Å². The highest BCUT2D eigenvalue weighted by molar-refractivity contribution is 5.93. The number of rotatable bonds is 3. The molecule has 0 bridgehead atoms. The van der Waals surface area contributed by atoms with Gasteiger partial charge >= 0.3 is 5.97 Å². The largest absolute Gasteiger partial charge is 0.461 e. The Bertz CT molecular complexity index is 486. The van der Waals surface area contributed by atoms with E-state index in [9.17, 15) is 13.6 Å². The molecule has 0 saturated heterocycles. The average Bonchev–Trinajstić information content (AvgIpc) is 2.37. The van der Waals surface area contributed by atoms with Crippen molar-refractivity contribution < 1.29 is 18.3 Å². The van der Waals surface area contributed by atoms with Gasteiger partial charge in [0.05, 0.1) is 18.2 Å². The number of hydrogen-bond donors (Lipinski definition) is 0. The Labute approximate surface area is 96.9 Å². The molecule has 0 saturated carbocycles. The van der Waals surface area contributed by atoms with E-state index in [1.807, 2.05) is 6.07 Å². The zero-order valence-electron chi connectivity index (χ0n) is 9.04. The Balaban J connectivity index is 3.02. The Kier molecular flexibility index (Phi) is 4.35. The SMILES string of the molecule is CCOC(=O)/C(F)=C(\F)c1ccc(C#N)cc1. The first kappa shape index (κ1) is 12.8. The second kappa shape index (κ2) is 5.75. The van der Waals surface area contributed by atoms with Crippen LogP contribution >= 0.6 is 0 Å². The van der Waals surface area contributed by atoms with E-state index < -0.39 is 17.6 Å². The van der Waals surface area contributed by atoms with Crippen molar-refractivity contribution in [2.24, 2.45) is 0 Å². The van der Waals surface area contributed by atoms with Crippen LogP contribution in [0.5, 0.6) is 0 Å². The third-order valence-corrected chi connectivity index (χ3v) is 1.91. The highest BCUT2D eigenvalue weighted by Crippen LogP contribution is 2.22. The van der Waals surface area contributed by atoms with Gasteiger partial charge < -0.3 is 4.74 Å². The summed E-state index contributed by atoms with van der Waals surface area (Å²) in [7, 11) is 0. The van der Waals surface area contributed by atoms with Gasteiger partial charge in [0.2, 0.25) is 5.83 Å². The number of carbonyl (C=O) groups excluding carboxylic acids is 1. The van der Waals surface area contributed by atoms with Crippen molar-refractivity contribution in [1.29, 1.82) is 5.26 Å². The van der Waals surface area contributed by atoms with E-state index in [4.69, 9.17) is 5.26 Å². The molecule has 0 spiro atoms. The minimum atomic E-state index is -1.57. The second-order valence-corrected chi connectivity index (χ2v) is 3.04. The fourth-order valence-corrected chi connectivity index (χ4v) is 1.10. The van der Waals surface area contributed by atoms with E-state index >= 15 is 0 Å². The van der Waals surface area contributed by atoms with Crippen LogP contribution in [0.15, 0.2) is 30.1 Å². The Morgan fingerprint density at radius 3 is 2.41 bits per heavy atom. The molecule has 17 heavy (non-hydrogen) atoms. The average molecular weight is 237 g/mol. The van der Waals surface area contributed by atoms with E-state index in [1.165, 1.54) is 31.2 Å². The molecule has 88 valence electrons. The topological polar surface area (TPSA) is 50.1 Å². The Morgan fingerprint density at radius 2 is 1.94 bits per heavy atom. The predicted molar refractivity (Wildman–Crippen MR) is 56.9 cm³/mol. The van der Waals surface area contributed by atoms with Gasteiger partial charge in [-0.3, -0.25) is 0 Å². The maximum Gasteiger partial charge on any atom is 0.370 e. The molecule has 0 aliphatic heterocycles. The van der Waals surface area contributed by atoms with Crippen molar-refractivity contribution in [3.63, 3.8) is 0 Å². The standard InChI is InChI=1S/C12H9F2NO2/c1-2-17-12(16)11(14)10(13)9-5-3-8(7-15)4-6-9/h3-6H,2H2,1H3/b11-10+. The fraction of sp³-hybridized carbons (Fsp3) is 0.167. The number of hydrogen-bond acceptors (Lipinski definition) is 3. The highest BCUT2D eigenvalue weighted by atomic mass is 19.2. The smallest absolute Gasteiger partial charge is 0.370 e. The first-order chi connectivity index (χ1) is 8.10. The third kappa shape index (κ3) is 3.11. The normalized spacial score (nSPS) is 11.4. The molecule has 0 atom stereocenters. The van der Waals surface area contributed by atoms with Crippen molar-refractivity contribution in [3.05, 3.63) is 41.2 Å². The molecule has 3 nitrogen and oxygen atoms in total. The molecular formula is C12H9F2NO2. The van der Waals surface area contributed by atoms with E-state index in [2.05, 4.69) is 4.74 Å². The maximum atomic E-state index is 13.5. The van der Waals surface area contributed by atoms with Crippen molar-refractivity contribution in [1.82, 2.24) is 0 Å². The molecular weight excluding hydrogens is 228 g/mol. The lowest BCUT2D eigenvalue weighted by Gasteiger charge is -2.01. The number of ether oxygens (including phenoxy) is 1. The van der Waals surface area contributed by atoms with Crippen LogP contribution in [-0.2, 0) is 9.53 Å². The lowest BCUT2D eigenvalue weighted by Crippen LogP contribution is -2.05. The molecule has 0 unspecified atom stereocenters. The van der Waals surface area contributed by atoms with E-state index in [1.54, 1.807) is 0 Å². The van der Waals surface area contributed by atoms with Gasteiger partial charge in [0.1, 0.15) is 0 Å². The van der Waals surface area contributed by atoms with Gasteiger partial charge in [-0.05, 0) is 19.1 Å². The lowest BCUT2D eigenvalue weighted by molar-refractivity contribution is -0.140. The zero-order chi connectivity index (χ0) is 12.8. The van der Waals surface area contributed by atoms with Crippen LogP contribution in [0.25, 0.3) is 5.83 Å². The number of halogens is 2. The molecule has 1 aromatic carbocycles. The quantitative estimate of drug-likeness (QED) is 0.600. The second-order valence-electron chi connectivity index (χ2n) is 3.04. The summed E-state index contributed by atoms with van der Waals surface area (Å²) in [5, 5.41) is 8.53. The van der Waals surface area contributed by atoms with Gasteiger partial charge in [0.15, 0.2) is 5.83 Å². The highest BCUT2D eigenvalue weighted by Gasteiger charge is 2.18. The Morgan fingerprint density at radius 1 is 1.35 bits per heavy atom. The third-order valence-electron chi connectivity index (χ3n) is 1.91. The van der Waals surface area contributed by atoms with Crippen LogP contribution in [0, 0.1) is 11.3 Å². The van der Waals surface area contributed by atoms with Gasteiger partial charge in [-0.25, -0.2) is 9.18 Å². The number of carbonyl (C=O) groups is 1. The Hall–Kier alpha value is -2.22. The van der Waals surface area contributed by atoms with Crippen molar-refractivity contribution in [2.45, 2.75) is 6.92 Å². The molecule has 0 fully saturated rings. The van der Waals surface area contributed by atoms with Gasteiger partial charge in [-0.1, -0.05) is 12.1 Å². The summed E-state index contributed by atoms with van der Waals surface area (Å²) < 4.78 is 31.0. The molecule has 0 radical (unpaired) electrons. The molecule has 0 heterocycles. The summed E-state index contributed by atoms with van der Waals surface area (Å²) in [5.41, 5.74) is 0.202. The van der Waals surface area contributed by atoms with E-state index in [0.29, 0.717) is 5.56 Å². The predicted octanol–water partition coefficient (Wildman–Crippen LogP) is 2.73. The molecule has 0 aromatic heterocycles.